The zero-order chi connectivity index (χ0) is 28.4. The molecule has 1 aliphatic carbocycles. The average Bonchev–Trinajstić information content (AvgIpc) is 3.60. The zero-order valence-corrected chi connectivity index (χ0v) is 23.0. The van der Waals surface area contributed by atoms with Crippen molar-refractivity contribution in [2.24, 2.45) is 5.92 Å². The van der Waals surface area contributed by atoms with E-state index < -0.39 is 16.1 Å². The molecule has 0 spiro atoms. The predicted octanol–water partition coefficient (Wildman–Crippen LogP) is 6.02. The van der Waals surface area contributed by atoms with Crippen LogP contribution >= 0.6 is 0 Å². The van der Waals surface area contributed by atoms with Crippen LogP contribution < -0.4 is 5.32 Å². The molecule has 11 heteroatoms. The molecule has 5 aromatic rings. The molecule has 0 saturated heterocycles. The Labute approximate surface area is 237 Å². The van der Waals surface area contributed by atoms with Gasteiger partial charge in [-0.25, -0.2) is 27.2 Å². The molecule has 41 heavy (non-hydrogen) atoms. The summed E-state index contributed by atoms with van der Waals surface area (Å²) in [7, 11) is -3.87. The second-order valence-corrected chi connectivity index (χ2v) is 12.0. The number of imidazole rings is 1. The highest BCUT2D eigenvalue weighted by Gasteiger charge is 2.29. The Morgan fingerprint density at radius 2 is 1.73 bits per heavy atom. The number of aromatic nitrogens is 4. The lowest BCUT2D eigenvalue weighted by atomic mass is 9.84. The van der Waals surface area contributed by atoms with Crippen LogP contribution in [-0.2, 0) is 21.4 Å². The van der Waals surface area contributed by atoms with Crippen molar-refractivity contribution in [1.82, 2.24) is 18.5 Å². The number of ether oxygens (including phenoxy) is 1. The van der Waals surface area contributed by atoms with Crippen molar-refractivity contribution in [3.63, 3.8) is 0 Å². The molecular formula is C30H28N6O4S. The summed E-state index contributed by atoms with van der Waals surface area (Å²) < 4.78 is 35.8. The minimum absolute atomic E-state index is 0.0467. The highest BCUT2D eigenvalue weighted by Crippen LogP contribution is 2.38. The van der Waals surface area contributed by atoms with Crippen LogP contribution in [0, 0.1) is 17.2 Å². The van der Waals surface area contributed by atoms with Crippen LogP contribution in [0.2, 0.25) is 0 Å². The fourth-order valence-corrected chi connectivity index (χ4v) is 6.96. The maximum Gasteiger partial charge on any atom is 0.412 e. The Balaban J connectivity index is 1.39. The number of carbonyl (C=O) groups excluding carboxylic acids is 1. The van der Waals surface area contributed by atoms with Crippen LogP contribution in [-0.4, -0.2) is 33.0 Å². The number of benzene rings is 2. The quantitative estimate of drug-likeness (QED) is 0.254. The van der Waals surface area contributed by atoms with Gasteiger partial charge >= 0.3 is 6.09 Å². The van der Waals surface area contributed by atoms with Gasteiger partial charge in [-0.15, -0.1) is 0 Å². The molecule has 1 N–H and O–H groups in total. The molecule has 1 fully saturated rings. The molecule has 1 saturated carbocycles. The third-order valence-corrected chi connectivity index (χ3v) is 9.30. The summed E-state index contributed by atoms with van der Waals surface area (Å²) in [5.41, 5.74) is 2.26. The summed E-state index contributed by atoms with van der Waals surface area (Å²) in [6.45, 7) is -0.0734. The van der Waals surface area contributed by atoms with Crippen LogP contribution in [0.15, 0.2) is 84.0 Å². The molecule has 0 radical (unpaired) electrons. The lowest BCUT2D eigenvalue weighted by Gasteiger charge is -2.29. The summed E-state index contributed by atoms with van der Waals surface area (Å²) in [4.78, 5) is 22.0. The lowest BCUT2D eigenvalue weighted by Crippen LogP contribution is -2.21. The largest absolute Gasteiger partial charge is 0.441 e. The van der Waals surface area contributed by atoms with Gasteiger partial charge in [0.25, 0.3) is 10.0 Å². The average molecular weight is 569 g/mol. The molecule has 3 aromatic heterocycles. The van der Waals surface area contributed by atoms with Gasteiger partial charge in [-0.05, 0) is 61.9 Å². The van der Waals surface area contributed by atoms with Gasteiger partial charge in [0.2, 0.25) is 0 Å². The summed E-state index contributed by atoms with van der Waals surface area (Å²) in [5.74, 6) is 0.904. The summed E-state index contributed by atoms with van der Waals surface area (Å²) >= 11 is 0. The second-order valence-electron chi connectivity index (χ2n) is 10.2. The molecule has 6 rings (SSSR count). The molecule has 3 heterocycles. The van der Waals surface area contributed by atoms with Gasteiger partial charge in [-0.1, -0.05) is 36.4 Å². The molecule has 0 unspecified atom stereocenters. The van der Waals surface area contributed by atoms with Crippen molar-refractivity contribution in [3.8, 4) is 6.07 Å². The van der Waals surface area contributed by atoms with Crippen molar-refractivity contribution >= 4 is 43.9 Å². The second kappa shape index (κ2) is 11.1. The van der Waals surface area contributed by atoms with Crippen LogP contribution in [0.5, 0.6) is 0 Å². The van der Waals surface area contributed by atoms with E-state index in [0.29, 0.717) is 40.4 Å². The number of carbonyl (C=O) groups is 1. The molecule has 0 aliphatic heterocycles. The van der Waals surface area contributed by atoms with E-state index in [1.807, 2.05) is 18.2 Å². The third kappa shape index (κ3) is 5.14. The summed E-state index contributed by atoms with van der Waals surface area (Å²) in [5, 5.41) is 12.5. The van der Waals surface area contributed by atoms with Crippen LogP contribution in [0.25, 0.3) is 22.1 Å². The SMILES string of the molecule is N#CC[C@H]1CC[C@H](n2c(COC(=O)Nc3ccccc3)nc3cnc4c(ccn4S(=O)(=O)c4ccccc4)c32)CC1. The van der Waals surface area contributed by atoms with Crippen molar-refractivity contribution in [1.29, 1.82) is 5.26 Å². The maximum atomic E-state index is 13.5. The summed E-state index contributed by atoms with van der Waals surface area (Å²) in [6.07, 6.45) is 6.46. The molecule has 0 atom stereocenters. The van der Waals surface area contributed by atoms with Gasteiger partial charge in [0.05, 0.1) is 22.7 Å². The smallest absolute Gasteiger partial charge is 0.412 e. The molecule has 2 aromatic carbocycles. The first-order valence-electron chi connectivity index (χ1n) is 13.5. The van der Waals surface area contributed by atoms with E-state index in [0.717, 1.165) is 31.2 Å². The van der Waals surface area contributed by atoms with Crippen LogP contribution in [0.4, 0.5) is 10.5 Å². The number of nitrogens with one attached hydrogen (secondary N) is 1. The lowest BCUT2D eigenvalue weighted by molar-refractivity contribution is 0.148. The zero-order valence-electron chi connectivity index (χ0n) is 22.2. The normalized spacial score (nSPS) is 17.3. The molecule has 1 amide bonds. The number of nitrogens with zero attached hydrogens (tertiary/aromatic N) is 5. The number of pyridine rings is 1. The van der Waals surface area contributed by atoms with Crippen LogP contribution in [0.1, 0.15) is 44.0 Å². The Morgan fingerprint density at radius 3 is 2.44 bits per heavy atom. The van der Waals surface area contributed by atoms with Gasteiger partial charge < -0.3 is 9.30 Å². The predicted molar refractivity (Wildman–Crippen MR) is 154 cm³/mol. The minimum atomic E-state index is -3.87. The standard InChI is InChI=1S/C30H28N6O4S/c31-17-15-21-11-13-23(14-12-21)36-27(20-40-30(37)33-22-7-3-1-4-8-22)34-26-19-32-29-25(28(26)36)16-18-35(29)41(38,39)24-9-5-2-6-10-24/h1-10,16,18-19,21,23H,11-15,20H2,(H,33,37)/t21-,23-. The number of anilines is 1. The molecule has 1 aliphatic rings. The fraction of sp³-hybridized carbons (Fsp3) is 0.267. The third-order valence-electron chi connectivity index (χ3n) is 7.62. The molecular weight excluding hydrogens is 540 g/mol. The van der Waals surface area contributed by atoms with Gasteiger partial charge in [0.1, 0.15) is 11.3 Å². The monoisotopic (exact) mass is 568 g/mol. The number of hydrogen-bond donors (Lipinski definition) is 1. The van der Waals surface area contributed by atoms with E-state index in [1.165, 1.54) is 10.2 Å². The van der Waals surface area contributed by atoms with E-state index in [1.54, 1.807) is 54.7 Å². The number of nitriles is 1. The Bertz CT molecular complexity index is 1850. The number of para-hydroxylation sites is 1. The summed E-state index contributed by atoms with van der Waals surface area (Å²) in [6, 6.07) is 21.4. The number of rotatable bonds is 7. The van der Waals surface area contributed by atoms with Gasteiger partial charge in [0.15, 0.2) is 12.3 Å². The van der Waals surface area contributed by atoms with E-state index in [-0.39, 0.29) is 17.5 Å². The highest BCUT2D eigenvalue weighted by atomic mass is 32.2. The van der Waals surface area contributed by atoms with Crippen molar-refractivity contribution < 1.29 is 17.9 Å². The van der Waals surface area contributed by atoms with Crippen LogP contribution in [0.3, 0.4) is 0 Å². The first kappa shape index (κ1) is 26.5. The number of hydrogen-bond acceptors (Lipinski definition) is 7. The van der Waals surface area contributed by atoms with Crippen molar-refractivity contribution in [2.75, 3.05) is 5.32 Å². The van der Waals surface area contributed by atoms with E-state index in [9.17, 15) is 18.5 Å². The number of fused-ring (bicyclic) bond motifs is 3. The van der Waals surface area contributed by atoms with E-state index in [4.69, 9.17) is 9.72 Å². The van der Waals surface area contributed by atoms with E-state index >= 15 is 0 Å². The molecule has 0 bridgehead atoms. The molecule has 208 valence electrons. The van der Waals surface area contributed by atoms with E-state index in [2.05, 4.69) is 20.9 Å². The Hall–Kier alpha value is -4.69. The minimum Gasteiger partial charge on any atom is -0.441 e. The van der Waals surface area contributed by atoms with Gasteiger partial charge in [0, 0.05) is 29.7 Å². The van der Waals surface area contributed by atoms with Crippen molar-refractivity contribution in [2.45, 2.75) is 49.6 Å². The van der Waals surface area contributed by atoms with Gasteiger partial charge in [-0.2, -0.15) is 5.26 Å². The molecule has 10 nitrogen and oxygen atoms in total. The first-order chi connectivity index (χ1) is 20.0. The fourth-order valence-electron chi connectivity index (χ4n) is 5.63. The first-order valence-corrected chi connectivity index (χ1v) is 14.9. The van der Waals surface area contributed by atoms with Gasteiger partial charge in [-0.3, -0.25) is 5.32 Å². The number of amides is 1. The highest BCUT2D eigenvalue weighted by molar-refractivity contribution is 7.90. The Kier molecular flexibility index (Phi) is 7.15. The maximum absolute atomic E-state index is 13.5. The topological polar surface area (TPSA) is 132 Å². The van der Waals surface area contributed by atoms with Crippen molar-refractivity contribution in [3.05, 3.63) is 84.9 Å². The Morgan fingerprint density at radius 1 is 1.02 bits per heavy atom.